The van der Waals surface area contributed by atoms with E-state index in [1.165, 1.54) is 16.8 Å². The molecule has 11 nitrogen and oxygen atoms in total. The Kier molecular flexibility index (Phi) is 8.89. The average Bonchev–Trinajstić information content (AvgIpc) is 3.18. The molecule has 0 fully saturated rings. The first-order chi connectivity index (χ1) is 17.9. The fourth-order valence-electron chi connectivity index (χ4n) is 3.63. The van der Waals surface area contributed by atoms with E-state index in [0.717, 1.165) is 17.2 Å². The monoisotopic (exact) mass is 543 g/mol. The SMILES string of the molecule is CCCNS(=O)(=O)c1cc([N+](=O)[O-])ccc1Oc1c(C)c(C(=O)NCC(C)C)nn1-c1cc(C)ccc1C. The first-order valence-corrected chi connectivity index (χ1v) is 13.7. The summed E-state index contributed by atoms with van der Waals surface area (Å²) in [5, 5.41) is 18.8. The lowest BCUT2D eigenvalue weighted by Crippen LogP contribution is -2.28. The molecule has 1 amide bonds. The molecular formula is C26H33N5O6S. The summed E-state index contributed by atoms with van der Waals surface area (Å²) in [5.74, 6) is -0.192. The summed E-state index contributed by atoms with van der Waals surface area (Å²) in [5.41, 5.74) is 2.53. The molecule has 0 saturated heterocycles. The first kappa shape index (κ1) is 28.8. The number of ether oxygens (including phenoxy) is 1. The van der Waals surface area contributed by atoms with Crippen molar-refractivity contribution in [2.45, 2.75) is 52.9 Å². The number of nitro groups is 1. The topological polar surface area (TPSA) is 145 Å². The van der Waals surface area contributed by atoms with Gasteiger partial charge in [-0.1, -0.05) is 32.9 Å². The quantitative estimate of drug-likeness (QED) is 0.266. The summed E-state index contributed by atoms with van der Waals surface area (Å²) < 4.78 is 36.2. The largest absolute Gasteiger partial charge is 0.437 e. The van der Waals surface area contributed by atoms with Gasteiger partial charge in [-0.2, -0.15) is 9.78 Å². The summed E-state index contributed by atoms with van der Waals surface area (Å²) in [6, 6.07) is 9.07. The Labute approximate surface area is 222 Å². The predicted octanol–water partition coefficient (Wildman–Crippen LogP) is 4.57. The van der Waals surface area contributed by atoms with Crippen LogP contribution in [0.25, 0.3) is 5.69 Å². The van der Waals surface area contributed by atoms with Crippen molar-refractivity contribution in [2.75, 3.05) is 13.1 Å². The van der Waals surface area contributed by atoms with Crippen LogP contribution in [-0.4, -0.2) is 42.1 Å². The van der Waals surface area contributed by atoms with Crippen LogP contribution in [0.1, 0.15) is 54.4 Å². The zero-order chi connectivity index (χ0) is 28.2. The van der Waals surface area contributed by atoms with Crippen molar-refractivity contribution < 1.29 is 22.9 Å². The molecule has 0 aliphatic carbocycles. The molecule has 0 aliphatic rings. The molecule has 0 atom stereocenters. The molecule has 2 aromatic carbocycles. The van der Waals surface area contributed by atoms with Crippen LogP contribution < -0.4 is 14.8 Å². The Morgan fingerprint density at radius 2 is 1.87 bits per heavy atom. The maximum Gasteiger partial charge on any atom is 0.272 e. The highest BCUT2D eigenvalue weighted by Gasteiger charge is 2.28. The third-order valence-electron chi connectivity index (χ3n) is 5.72. The average molecular weight is 544 g/mol. The number of non-ortho nitro benzene ring substituents is 1. The number of carbonyl (C=O) groups is 1. The number of hydrogen-bond donors (Lipinski definition) is 2. The molecule has 0 radical (unpaired) electrons. The van der Waals surface area contributed by atoms with Crippen molar-refractivity contribution in [1.82, 2.24) is 19.8 Å². The van der Waals surface area contributed by atoms with Crippen LogP contribution in [0.2, 0.25) is 0 Å². The zero-order valence-corrected chi connectivity index (χ0v) is 23.2. The maximum atomic E-state index is 13.1. The van der Waals surface area contributed by atoms with Gasteiger partial charge in [-0.05, 0) is 56.4 Å². The van der Waals surface area contributed by atoms with Crippen LogP contribution in [0.5, 0.6) is 11.6 Å². The van der Waals surface area contributed by atoms with Gasteiger partial charge in [-0.3, -0.25) is 14.9 Å². The Balaban J connectivity index is 2.22. The van der Waals surface area contributed by atoms with Gasteiger partial charge in [0.05, 0.1) is 10.6 Å². The van der Waals surface area contributed by atoms with E-state index >= 15 is 0 Å². The maximum absolute atomic E-state index is 13.1. The number of nitrogens with one attached hydrogen (secondary N) is 2. The summed E-state index contributed by atoms with van der Waals surface area (Å²) in [6.07, 6.45) is 0.526. The third-order valence-corrected chi connectivity index (χ3v) is 7.21. The first-order valence-electron chi connectivity index (χ1n) is 12.3. The highest BCUT2D eigenvalue weighted by molar-refractivity contribution is 7.89. The van der Waals surface area contributed by atoms with Gasteiger partial charge in [-0.15, -0.1) is 0 Å². The van der Waals surface area contributed by atoms with Crippen LogP contribution in [-0.2, 0) is 10.0 Å². The van der Waals surface area contributed by atoms with E-state index in [4.69, 9.17) is 4.74 Å². The summed E-state index contributed by atoms with van der Waals surface area (Å²) in [6.45, 7) is 11.8. The van der Waals surface area contributed by atoms with Crippen molar-refractivity contribution in [3.05, 3.63) is 68.9 Å². The molecule has 0 spiro atoms. The van der Waals surface area contributed by atoms with Crippen molar-refractivity contribution >= 4 is 21.6 Å². The van der Waals surface area contributed by atoms with Crippen LogP contribution in [0.15, 0.2) is 41.3 Å². The molecule has 0 unspecified atom stereocenters. The number of aromatic nitrogens is 2. The number of amides is 1. The Morgan fingerprint density at radius 3 is 2.50 bits per heavy atom. The van der Waals surface area contributed by atoms with Gasteiger partial charge in [0.2, 0.25) is 15.9 Å². The molecule has 12 heteroatoms. The minimum Gasteiger partial charge on any atom is -0.437 e. The van der Waals surface area contributed by atoms with Crippen LogP contribution in [0, 0.1) is 36.8 Å². The Morgan fingerprint density at radius 1 is 1.16 bits per heavy atom. The molecular weight excluding hydrogens is 510 g/mol. The fourth-order valence-corrected chi connectivity index (χ4v) is 4.91. The van der Waals surface area contributed by atoms with E-state index in [9.17, 15) is 23.3 Å². The lowest BCUT2D eigenvalue weighted by Gasteiger charge is -2.15. The number of benzene rings is 2. The number of nitro benzene ring substituents is 1. The minimum atomic E-state index is -4.15. The number of carbonyl (C=O) groups excluding carboxylic acids is 1. The van der Waals surface area contributed by atoms with E-state index in [0.29, 0.717) is 24.2 Å². The minimum absolute atomic E-state index is 0.120. The predicted molar refractivity (Wildman–Crippen MR) is 144 cm³/mol. The van der Waals surface area contributed by atoms with Gasteiger partial charge in [0.25, 0.3) is 11.6 Å². The van der Waals surface area contributed by atoms with Crippen LogP contribution in [0.4, 0.5) is 5.69 Å². The zero-order valence-electron chi connectivity index (χ0n) is 22.4. The molecule has 1 aromatic heterocycles. The molecule has 3 rings (SSSR count). The normalized spacial score (nSPS) is 11.6. The van der Waals surface area contributed by atoms with Gasteiger partial charge in [0.1, 0.15) is 10.6 Å². The van der Waals surface area contributed by atoms with Crippen LogP contribution in [0.3, 0.4) is 0 Å². The second-order valence-corrected chi connectivity index (χ2v) is 11.2. The summed E-state index contributed by atoms with van der Waals surface area (Å²) in [4.78, 5) is 23.4. The van der Waals surface area contributed by atoms with E-state index in [2.05, 4.69) is 15.1 Å². The van der Waals surface area contributed by atoms with Crippen molar-refractivity contribution in [1.29, 1.82) is 0 Å². The van der Waals surface area contributed by atoms with Crippen molar-refractivity contribution in [3.8, 4) is 17.3 Å². The van der Waals surface area contributed by atoms with Gasteiger partial charge < -0.3 is 10.1 Å². The van der Waals surface area contributed by atoms with Gasteiger partial charge in [0.15, 0.2) is 5.69 Å². The molecule has 204 valence electrons. The number of hydrogen-bond acceptors (Lipinski definition) is 7. The lowest BCUT2D eigenvalue weighted by atomic mass is 10.1. The number of sulfonamides is 1. The van der Waals surface area contributed by atoms with E-state index < -0.39 is 26.5 Å². The molecule has 0 bridgehead atoms. The molecule has 1 heterocycles. The van der Waals surface area contributed by atoms with Crippen molar-refractivity contribution in [2.24, 2.45) is 5.92 Å². The lowest BCUT2D eigenvalue weighted by molar-refractivity contribution is -0.385. The number of aryl methyl sites for hydroxylation is 2. The van der Waals surface area contributed by atoms with Gasteiger partial charge in [0, 0.05) is 30.8 Å². The van der Waals surface area contributed by atoms with Crippen molar-refractivity contribution in [3.63, 3.8) is 0 Å². The van der Waals surface area contributed by atoms with E-state index in [1.54, 1.807) is 13.8 Å². The Hall–Kier alpha value is -3.77. The molecule has 38 heavy (non-hydrogen) atoms. The second-order valence-electron chi connectivity index (χ2n) is 9.47. The number of rotatable bonds is 11. The summed E-state index contributed by atoms with van der Waals surface area (Å²) >= 11 is 0. The van der Waals surface area contributed by atoms with Gasteiger partial charge >= 0.3 is 0 Å². The fraction of sp³-hybridized carbons (Fsp3) is 0.385. The molecule has 0 saturated carbocycles. The number of nitrogens with zero attached hydrogens (tertiary/aromatic N) is 3. The second kappa shape index (κ2) is 11.7. The standard InChI is InChI=1S/C26H33N5O6S/c1-7-12-28-38(35,36)23-14-20(31(33)34)10-11-22(23)37-26-19(6)24(25(32)27-15-16(2)3)29-30(26)21-13-17(4)8-9-18(21)5/h8-11,13-14,16,28H,7,12,15H2,1-6H3,(H,27,32). The van der Waals surface area contributed by atoms with Crippen LogP contribution >= 0.6 is 0 Å². The smallest absolute Gasteiger partial charge is 0.272 e. The molecule has 2 N–H and O–H groups in total. The highest BCUT2D eigenvalue weighted by Crippen LogP contribution is 2.36. The highest BCUT2D eigenvalue weighted by atomic mass is 32.2. The third kappa shape index (κ3) is 6.37. The van der Waals surface area contributed by atoms with E-state index in [1.807, 2.05) is 45.9 Å². The molecule has 0 aliphatic heterocycles. The molecule has 3 aromatic rings. The van der Waals surface area contributed by atoms with Gasteiger partial charge in [-0.25, -0.2) is 13.1 Å². The summed E-state index contributed by atoms with van der Waals surface area (Å²) in [7, 11) is -4.15. The van der Waals surface area contributed by atoms with E-state index in [-0.39, 0.29) is 34.7 Å². The Bertz CT molecular complexity index is 1460.